The summed E-state index contributed by atoms with van der Waals surface area (Å²) in [6.45, 7) is 18.1. The normalized spacial score (nSPS) is 41.2. The van der Waals surface area contributed by atoms with Crippen molar-refractivity contribution in [2.24, 2.45) is 45.3 Å². The number of aliphatic hydroxyl groups is 1. The van der Waals surface area contributed by atoms with Gasteiger partial charge in [-0.15, -0.1) is 0 Å². The molecule has 224 valence electrons. The molecule has 3 saturated carbocycles. The van der Waals surface area contributed by atoms with Crippen LogP contribution in [0.15, 0.2) is 23.3 Å². The molecule has 0 heterocycles. The van der Waals surface area contributed by atoms with Crippen molar-refractivity contribution >= 4 is 18.2 Å². The van der Waals surface area contributed by atoms with Crippen LogP contribution in [0.4, 0.5) is 0 Å². The predicted molar refractivity (Wildman–Crippen MR) is 155 cm³/mol. The Hall–Kier alpha value is -1.95. The van der Waals surface area contributed by atoms with Gasteiger partial charge in [0.15, 0.2) is 0 Å². The van der Waals surface area contributed by atoms with Gasteiger partial charge in [0, 0.05) is 30.6 Å². The van der Waals surface area contributed by atoms with Crippen LogP contribution in [0.25, 0.3) is 0 Å². The molecule has 1 unspecified atom stereocenters. The van der Waals surface area contributed by atoms with Gasteiger partial charge in [-0.1, -0.05) is 51.8 Å². The number of fused-ring (bicyclic) bond motifs is 5. The van der Waals surface area contributed by atoms with Gasteiger partial charge in [0.1, 0.15) is 18.5 Å². The van der Waals surface area contributed by atoms with Gasteiger partial charge in [0.2, 0.25) is 0 Å². The summed E-state index contributed by atoms with van der Waals surface area (Å²) in [4.78, 5) is 37.9. The summed E-state index contributed by atoms with van der Waals surface area (Å²) in [6.07, 6.45) is 9.93. The fourth-order valence-electron chi connectivity index (χ4n) is 10.2. The zero-order valence-corrected chi connectivity index (χ0v) is 26.2. The summed E-state index contributed by atoms with van der Waals surface area (Å²) < 4.78 is 11.9. The number of hydrogen-bond donors (Lipinski definition) is 1. The number of carbonyl (C=O) groups excluding carboxylic acids is 3. The lowest BCUT2D eigenvalue weighted by Gasteiger charge is -2.66. The quantitative estimate of drug-likeness (QED) is 0.216. The largest absolute Gasteiger partial charge is 0.462 e. The molecule has 1 N–H and O–H groups in total. The van der Waals surface area contributed by atoms with Gasteiger partial charge in [0.05, 0.1) is 6.10 Å². The molecule has 0 aromatic heterocycles. The standard InChI is InChI=1S/C34H52O6/c1-20(2)16-24(38)17-21(3)25-12-13-33(9)30-28(39-22(4)36)18-27-26(34(30,19-35)15-14-32(25,33)8)10-11-29(31(27,6)7)40-23(5)37/h16,18-19,21,24-26,28-30,38H,10-15,17H2,1-9H3/t21-,24+,25?,26-,28+,29+,30+,32-,33+,34-/m1/s1. The first-order valence-electron chi connectivity index (χ1n) is 15.4. The summed E-state index contributed by atoms with van der Waals surface area (Å²) >= 11 is 0. The van der Waals surface area contributed by atoms with E-state index in [9.17, 15) is 19.5 Å². The molecule has 0 aromatic rings. The Morgan fingerprint density at radius 2 is 1.62 bits per heavy atom. The molecule has 6 heteroatoms. The van der Waals surface area contributed by atoms with Gasteiger partial charge >= 0.3 is 11.9 Å². The lowest BCUT2D eigenvalue weighted by atomic mass is 9.38. The Balaban J connectivity index is 1.79. The highest BCUT2D eigenvalue weighted by atomic mass is 16.5. The molecule has 0 saturated heterocycles. The SMILES string of the molecule is CC(=O)O[C@H]1C=C2[C@@H](CC[C@H](OC(C)=O)C2(C)C)[C@]2(C=O)CC[C@]3(C)C([C@H](C)C[C@@H](O)C=C(C)C)CC[C@@]3(C)[C@H]12. The molecule has 40 heavy (non-hydrogen) atoms. The summed E-state index contributed by atoms with van der Waals surface area (Å²) in [5, 5.41) is 10.7. The first kappa shape index (κ1) is 31.0. The van der Waals surface area contributed by atoms with E-state index in [1.54, 1.807) is 0 Å². The molecule has 0 amide bonds. The van der Waals surface area contributed by atoms with Gasteiger partial charge in [0.25, 0.3) is 0 Å². The van der Waals surface area contributed by atoms with Crippen molar-refractivity contribution in [3.63, 3.8) is 0 Å². The van der Waals surface area contributed by atoms with Crippen molar-refractivity contribution in [3.8, 4) is 0 Å². The average Bonchev–Trinajstić information content (AvgIpc) is 3.10. The van der Waals surface area contributed by atoms with E-state index in [2.05, 4.69) is 40.7 Å². The second kappa shape index (κ2) is 10.7. The fraction of sp³-hybridized carbons (Fsp3) is 0.794. The maximum absolute atomic E-state index is 13.5. The molecule has 0 aromatic carbocycles. The molecule has 6 nitrogen and oxygen atoms in total. The van der Waals surface area contributed by atoms with Crippen molar-refractivity contribution in [1.82, 2.24) is 0 Å². The van der Waals surface area contributed by atoms with E-state index >= 15 is 0 Å². The van der Waals surface area contributed by atoms with Gasteiger partial charge in [-0.2, -0.15) is 0 Å². The first-order chi connectivity index (χ1) is 18.5. The number of aliphatic hydroxyl groups excluding tert-OH is 1. The highest BCUT2D eigenvalue weighted by Crippen LogP contribution is 2.75. The number of rotatable bonds is 7. The summed E-state index contributed by atoms with van der Waals surface area (Å²) in [5.41, 5.74) is 0.837. The van der Waals surface area contributed by atoms with Crippen LogP contribution in [0.5, 0.6) is 0 Å². The Morgan fingerprint density at radius 1 is 0.975 bits per heavy atom. The molecule has 3 fully saturated rings. The molecule has 4 aliphatic rings. The van der Waals surface area contributed by atoms with E-state index in [1.807, 2.05) is 19.9 Å². The van der Waals surface area contributed by atoms with E-state index in [4.69, 9.17) is 9.47 Å². The molecule has 0 spiro atoms. The summed E-state index contributed by atoms with van der Waals surface area (Å²) in [5.74, 6) is -0.0121. The number of hydrogen-bond acceptors (Lipinski definition) is 6. The van der Waals surface area contributed by atoms with Gasteiger partial charge in [-0.05, 0) is 93.5 Å². The monoisotopic (exact) mass is 556 g/mol. The summed E-state index contributed by atoms with van der Waals surface area (Å²) in [7, 11) is 0. The van der Waals surface area contributed by atoms with Crippen molar-refractivity contribution in [3.05, 3.63) is 23.3 Å². The molecular formula is C34H52O6. The molecule has 0 aliphatic heterocycles. The lowest BCUT2D eigenvalue weighted by Crippen LogP contribution is -2.65. The average molecular weight is 557 g/mol. The molecular weight excluding hydrogens is 504 g/mol. The smallest absolute Gasteiger partial charge is 0.303 e. The number of esters is 2. The maximum Gasteiger partial charge on any atom is 0.303 e. The Morgan fingerprint density at radius 3 is 2.20 bits per heavy atom. The van der Waals surface area contributed by atoms with Crippen LogP contribution in [0.3, 0.4) is 0 Å². The number of carbonyl (C=O) groups is 3. The Labute approximate surface area is 241 Å². The van der Waals surface area contributed by atoms with E-state index in [1.165, 1.54) is 20.1 Å². The van der Waals surface area contributed by atoms with E-state index in [0.29, 0.717) is 18.3 Å². The third kappa shape index (κ3) is 4.80. The third-order valence-electron chi connectivity index (χ3n) is 12.1. The Kier molecular flexibility index (Phi) is 8.30. The van der Waals surface area contributed by atoms with Crippen molar-refractivity contribution in [2.45, 2.75) is 126 Å². The first-order valence-corrected chi connectivity index (χ1v) is 15.4. The van der Waals surface area contributed by atoms with Gasteiger partial charge in [-0.3, -0.25) is 9.59 Å². The maximum atomic E-state index is 13.5. The topological polar surface area (TPSA) is 89.9 Å². The molecule has 4 aliphatic carbocycles. The van der Waals surface area contributed by atoms with Crippen LogP contribution in [0.1, 0.15) is 107 Å². The lowest BCUT2D eigenvalue weighted by molar-refractivity contribution is -0.195. The molecule has 0 bridgehead atoms. The molecule has 10 atom stereocenters. The van der Waals surface area contributed by atoms with Crippen molar-refractivity contribution in [2.75, 3.05) is 0 Å². The van der Waals surface area contributed by atoms with E-state index in [-0.39, 0.29) is 40.7 Å². The number of allylic oxidation sites excluding steroid dienone is 1. The molecule has 0 radical (unpaired) electrons. The van der Waals surface area contributed by atoms with Crippen LogP contribution in [-0.2, 0) is 23.9 Å². The van der Waals surface area contributed by atoms with Crippen LogP contribution in [0, 0.1) is 45.3 Å². The van der Waals surface area contributed by atoms with E-state index < -0.39 is 23.0 Å². The van der Waals surface area contributed by atoms with Crippen LogP contribution < -0.4 is 0 Å². The van der Waals surface area contributed by atoms with Gasteiger partial charge in [-0.25, -0.2) is 0 Å². The minimum absolute atomic E-state index is 0.0287. The second-order valence-electron chi connectivity index (χ2n) is 14.9. The minimum Gasteiger partial charge on any atom is -0.462 e. The predicted octanol–water partition coefficient (Wildman–Crippen LogP) is 6.60. The van der Waals surface area contributed by atoms with Crippen LogP contribution in [0.2, 0.25) is 0 Å². The highest BCUT2D eigenvalue weighted by Gasteiger charge is 2.71. The summed E-state index contributed by atoms with van der Waals surface area (Å²) in [6, 6.07) is 0. The van der Waals surface area contributed by atoms with Crippen LogP contribution >= 0.6 is 0 Å². The molecule has 4 rings (SSSR count). The van der Waals surface area contributed by atoms with Crippen molar-refractivity contribution in [1.29, 1.82) is 0 Å². The zero-order valence-electron chi connectivity index (χ0n) is 26.2. The van der Waals surface area contributed by atoms with Crippen LogP contribution in [-0.4, -0.2) is 41.6 Å². The minimum atomic E-state index is -0.642. The third-order valence-corrected chi connectivity index (χ3v) is 12.1. The highest BCUT2D eigenvalue weighted by molar-refractivity contribution is 5.69. The zero-order chi connectivity index (χ0) is 29.8. The second-order valence-corrected chi connectivity index (χ2v) is 14.9. The van der Waals surface area contributed by atoms with Crippen molar-refractivity contribution < 1.29 is 29.0 Å². The van der Waals surface area contributed by atoms with E-state index in [0.717, 1.165) is 49.7 Å². The Bertz CT molecular complexity index is 1080. The van der Waals surface area contributed by atoms with Gasteiger partial charge < -0.3 is 19.4 Å². The fourth-order valence-corrected chi connectivity index (χ4v) is 10.2. The number of ether oxygens (including phenoxy) is 2. The number of aldehydes is 1.